The van der Waals surface area contributed by atoms with Crippen molar-refractivity contribution in [3.63, 3.8) is 0 Å². The van der Waals surface area contributed by atoms with E-state index in [0.29, 0.717) is 25.2 Å². The van der Waals surface area contributed by atoms with Gasteiger partial charge in [-0.2, -0.15) is 0 Å². The first kappa shape index (κ1) is 18.8. The highest BCUT2D eigenvalue weighted by atomic mass is 16.3. The van der Waals surface area contributed by atoms with Gasteiger partial charge in [0.25, 0.3) is 11.5 Å². The van der Waals surface area contributed by atoms with Gasteiger partial charge in [-0.3, -0.25) is 14.6 Å². The lowest BCUT2D eigenvalue weighted by atomic mass is 9.82. The number of aliphatic hydroxyl groups excluding tert-OH is 1. The number of likely N-dealkylation sites (tertiary alicyclic amines) is 1. The molecule has 1 fully saturated rings. The molecule has 1 aromatic carbocycles. The predicted octanol–water partition coefficient (Wildman–Crippen LogP) is 2.66. The molecule has 1 N–H and O–H groups in total. The number of aromatic nitrogens is 2. The summed E-state index contributed by atoms with van der Waals surface area (Å²) in [4.78, 5) is 32.0. The van der Waals surface area contributed by atoms with Gasteiger partial charge in [0.2, 0.25) is 0 Å². The van der Waals surface area contributed by atoms with Crippen LogP contribution in [-0.2, 0) is 13.2 Å². The van der Waals surface area contributed by atoms with Crippen molar-refractivity contribution >= 4 is 5.91 Å². The molecule has 2 aliphatic heterocycles. The van der Waals surface area contributed by atoms with Crippen LogP contribution < -0.4 is 5.56 Å². The Bertz CT molecular complexity index is 1140. The van der Waals surface area contributed by atoms with E-state index < -0.39 is 0 Å². The standard InChI is InChI=1S/C24H23N3O3/c28-15-16-3-5-18(6-4-16)24(30)26-12-17-8-21(14-26)22-9-20(10-23(29)27(22)13-17)19-2-1-7-25-11-19/h1-7,9-11,17,21,28H,8,12-15H2/t17-,21+/m0/s1. The lowest BCUT2D eigenvalue weighted by Crippen LogP contribution is -2.49. The Morgan fingerprint density at radius 2 is 1.90 bits per heavy atom. The first-order chi connectivity index (χ1) is 14.6. The van der Waals surface area contributed by atoms with Crippen molar-refractivity contribution in [3.05, 3.63) is 88.1 Å². The van der Waals surface area contributed by atoms with Gasteiger partial charge in [0.05, 0.1) is 6.61 Å². The van der Waals surface area contributed by atoms with Gasteiger partial charge in [0.1, 0.15) is 0 Å². The average Bonchev–Trinajstić information content (AvgIpc) is 2.79. The number of nitrogens with zero attached hydrogens (tertiary/aromatic N) is 3. The molecular formula is C24H23N3O3. The minimum Gasteiger partial charge on any atom is -0.392 e. The Morgan fingerprint density at radius 3 is 2.63 bits per heavy atom. The lowest BCUT2D eigenvalue weighted by Gasteiger charge is -2.43. The highest BCUT2D eigenvalue weighted by Crippen LogP contribution is 2.37. The molecule has 0 saturated carbocycles. The van der Waals surface area contributed by atoms with Crippen molar-refractivity contribution in [1.29, 1.82) is 0 Å². The minimum absolute atomic E-state index is 0.00778. The monoisotopic (exact) mass is 401 g/mol. The van der Waals surface area contributed by atoms with E-state index in [-0.39, 0.29) is 29.9 Å². The first-order valence-electron chi connectivity index (χ1n) is 10.3. The molecule has 1 saturated heterocycles. The van der Waals surface area contributed by atoms with Gasteiger partial charge in [-0.15, -0.1) is 0 Å². The number of hydrogen-bond acceptors (Lipinski definition) is 4. The van der Waals surface area contributed by atoms with E-state index in [9.17, 15) is 14.7 Å². The summed E-state index contributed by atoms with van der Waals surface area (Å²) >= 11 is 0. The number of amides is 1. The van der Waals surface area contributed by atoms with Gasteiger partial charge < -0.3 is 14.6 Å². The normalized spacial score (nSPS) is 20.0. The predicted molar refractivity (Wildman–Crippen MR) is 113 cm³/mol. The van der Waals surface area contributed by atoms with Crippen molar-refractivity contribution in [2.24, 2.45) is 5.92 Å². The molecule has 152 valence electrons. The van der Waals surface area contributed by atoms with Crippen molar-refractivity contribution in [2.75, 3.05) is 13.1 Å². The highest BCUT2D eigenvalue weighted by molar-refractivity contribution is 5.94. The van der Waals surface area contributed by atoms with Gasteiger partial charge in [-0.25, -0.2) is 0 Å². The molecule has 5 rings (SSSR count). The second-order valence-electron chi connectivity index (χ2n) is 8.22. The zero-order chi connectivity index (χ0) is 20.7. The summed E-state index contributed by atoms with van der Waals surface area (Å²) in [5.74, 6) is 0.426. The van der Waals surface area contributed by atoms with Crippen LogP contribution in [0.1, 0.15) is 34.0 Å². The van der Waals surface area contributed by atoms with E-state index in [1.807, 2.05) is 21.6 Å². The average molecular weight is 401 g/mol. The molecule has 0 aliphatic carbocycles. The molecule has 30 heavy (non-hydrogen) atoms. The Hall–Kier alpha value is -3.25. The number of benzene rings is 1. The van der Waals surface area contributed by atoms with E-state index in [0.717, 1.165) is 28.8 Å². The van der Waals surface area contributed by atoms with Crippen molar-refractivity contribution in [3.8, 4) is 11.1 Å². The molecule has 0 radical (unpaired) electrons. The lowest BCUT2D eigenvalue weighted by molar-refractivity contribution is 0.0594. The second-order valence-corrected chi connectivity index (χ2v) is 8.22. The third-order valence-electron chi connectivity index (χ3n) is 6.22. The van der Waals surface area contributed by atoms with Crippen LogP contribution in [0.4, 0.5) is 0 Å². The number of rotatable bonds is 3. The Morgan fingerprint density at radius 1 is 1.07 bits per heavy atom. The van der Waals surface area contributed by atoms with Gasteiger partial charge in [-0.1, -0.05) is 18.2 Å². The van der Waals surface area contributed by atoms with E-state index in [1.165, 1.54) is 0 Å². The molecule has 2 atom stereocenters. The fourth-order valence-electron chi connectivity index (χ4n) is 4.76. The molecule has 2 aromatic heterocycles. The summed E-state index contributed by atoms with van der Waals surface area (Å²) in [6.07, 6.45) is 4.48. The van der Waals surface area contributed by atoms with E-state index in [4.69, 9.17) is 0 Å². The van der Waals surface area contributed by atoms with Gasteiger partial charge in [0.15, 0.2) is 0 Å². The maximum Gasteiger partial charge on any atom is 0.253 e. The maximum atomic E-state index is 13.1. The second kappa shape index (κ2) is 7.54. The molecule has 1 amide bonds. The highest BCUT2D eigenvalue weighted by Gasteiger charge is 2.36. The molecule has 2 aliphatic rings. The Labute approximate surface area is 174 Å². The van der Waals surface area contributed by atoms with Crippen LogP contribution in [0.25, 0.3) is 11.1 Å². The Kier molecular flexibility index (Phi) is 4.71. The number of aliphatic hydroxyl groups is 1. The summed E-state index contributed by atoms with van der Waals surface area (Å²) in [7, 11) is 0. The number of pyridine rings is 2. The summed E-state index contributed by atoms with van der Waals surface area (Å²) in [6.45, 7) is 1.87. The SMILES string of the molecule is O=C(c1ccc(CO)cc1)N1C[C@@H]2C[C@H](C1)c1cc(-c3cccnc3)cc(=O)n1C2. The number of carbonyl (C=O) groups excluding carboxylic acids is 1. The first-order valence-corrected chi connectivity index (χ1v) is 10.3. The third-order valence-corrected chi connectivity index (χ3v) is 6.22. The van der Waals surface area contributed by atoms with E-state index >= 15 is 0 Å². The maximum absolute atomic E-state index is 13.1. The molecule has 2 bridgehead atoms. The van der Waals surface area contributed by atoms with Crippen LogP contribution in [0.5, 0.6) is 0 Å². The van der Waals surface area contributed by atoms with Crippen molar-refractivity contribution in [2.45, 2.75) is 25.5 Å². The topological polar surface area (TPSA) is 75.4 Å². The zero-order valence-electron chi connectivity index (χ0n) is 16.6. The van der Waals surface area contributed by atoms with Crippen LogP contribution in [0.15, 0.2) is 65.7 Å². The van der Waals surface area contributed by atoms with Crippen molar-refractivity contribution < 1.29 is 9.90 Å². The van der Waals surface area contributed by atoms with Crippen LogP contribution in [0, 0.1) is 5.92 Å². The third kappa shape index (κ3) is 3.33. The van der Waals surface area contributed by atoms with Crippen LogP contribution >= 0.6 is 0 Å². The Balaban J connectivity index is 1.45. The number of fused-ring (bicyclic) bond motifs is 4. The number of carbonyl (C=O) groups is 1. The van der Waals surface area contributed by atoms with Crippen LogP contribution in [-0.4, -0.2) is 38.6 Å². The summed E-state index contributed by atoms with van der Waals surface area (Å²) < 4.78 is 1.89. The smallest absolute Gasteiger partial charge is 0.253 e. The van der Waals surface area contributed by atoms with Crippen LogP contribution in [0.2, 0.25) is 0 Å². The van der Waals surface area contributed by atoms with E-state index in [1.54, 1.807) is 42.7 Å². The fraction of sp³-hybridized carbons (Fsp3) is 0.292. The summed E-state index contributed by atoms with van der Waals surface area (Å²) in [5.41, 5.74) is 4.24. The minimum atomic E-state index is -0.0346. The fourth-order valence-corrected chi connectivity index (χ4v) is 4.76. The molecule has 0 spiro atoms. The molecule has 6 heteroatoms. The number of piperidine rings is 1. The summed E-state index contributed by atoms with van der Waals surface area (Å²) in [6, 6.07) is 14.7. The van der Waals surface area contributed by atoms with Gasteiger partial charge in [0, 0.05) is 60.8 Å². The van der Waals surface area contributed by atoms with Gasteiger partial charge in [-0.05, 0) is 47.7 Å². The molecule has 4 heterocycles. The molecular weight excluding hydrogens is 378 g/mol. The molecule has 6 nitrogen and oxygen atoms in total. The van der Waals surface area contributed by atoms with E-state index in [2.05, 4.69) is 11.1 Å². The zero-order valence-corrected chi connectivity index (χ0v) is 16.6. The number of hydrogen-bond donors (Lipinski definition) is 1. The summed E-state index contributed by atoms with van der Waals surface area (Å²) in [5, 5.41) is 9.22. The van der Waals surface area contributed by atoms with Crippen molar-refractivity contribution in [1.82, 2.24) is 14.5 Å². The molecule has 3 aromatic rings. The molecule has 0 unspecified atom stereocenters. The van der Waals surface area contributed by atoms with Gasteiger partial charge >= 0.3 is 0 Å². The van der Waals surface area contributed by atoms with Crippen LogP contribution in [0.3, 0.4) is 0 Å². The quantitative estimate of drug-likeness (QED) is 0.732. The largest absolute Gasteiger partial charge is 0.392 e.